The van der Waals surface area contributed by atoms with Gasteiger partial charge in [-0.1, -0.05) is 11.3 Å². The highest BCUT2D eigenvalue weighted by Gasteiger charge is 2.14. The van der Waals surface area contributed by atoms with E-state index in [1.807, 2.05) is 0 Å². The summed E-state index contributed by atoms with van der Waals surface area (Å²) in [6.45, 7) is 2.13. The predicted octanol–water partition coefficient (Wildman–Crippen LogP) is 2.02. The molecule has 1 heterocycles. The van der Waals surface area contributed by atoms with Gasteiger partial charge in [0.05, 0.1) is 6.61 Å². The summed E-state index contributed by atoms with van der Waals surface area (Å²) < 4.78 is 5.41. The maximum absolute atomic E-state index is 11.3. The van der Waals surface area contributed by atoms with E-state index in [1.54, 1.807) is 14.0 Å². The van der Waals surface area contributed by atoms with Crippen LogP contribution in [-0.2, 0) is 4.74 Å². The summed E-state index contributed by atoms with van der Waals surface area (Å²) in [7, 11) is 1.72. The molecule has 1 rings (SSSR count). The van der Waals surface area contributed by atoms with Crippen LogP contribution in [0.2, 0.25) is 0 Å². The number of ether oxygens (including phenoxy) is 1. The Morgan fingerprint density at radius 2 is 2.46 bits per heavy atom. The molecular weight excluding hydrogens is 208 g/mol. The summed E-state index contributed by atoms with van der Waals surface area (Å²) >= 11 is 6.11. The molecule has 0 atom stereocenters. The Morgan fingerprint density at radius 3 is 3.00 bits per heavy atom. The highest BCUT2D eigenvalue weighted by atomic mass is 32.1. The molecule has 13 heavy (non-hydrogen) atoms. The quantitative estimate of drug-likeness (QED) is 0.602. The van der Waals surface area contributed by atoms with Crippen LogP contribution in [0.3, 0.4) is 0 Å². The van der Waals surface area contributed by atoms with Gasteiger partial charge >= 0.3 is 5.97 Å². The predicted molar refractivity (Wildman–Crippen MR) is 55.0 cm³/mol. The van der Waals surface area contributed by atoms with Gasteiger partial charge in [-0.05, 0) is 19.1 Å². The first-order valence-corrected chi connectivity index (χ1v) is 4.99. The van der Waals surface area contributed by atoms with E-state index >= 15 is 0 Å². The zero-order valence-electron chi connectivity index (χ0n) is 7.34. The summed E-state index contributed by atoms with van der Waals surface area (Å²) in [5.74, 6) is 0.276. The van der Waals surface area contributed by atoms with Crippen LogP contribution in [0.4, 0.5) is 5.82 Å². The Hall–Kier alpha value is -0.880. The molecule has 0 unspecified atom stereocenters. The number of esters is 1. The Kier molecular flexibility index (Phi) is 3.44. The van der Waals surface area contributed by atoms with Crippen molar-refractivity contribution in [3.8, 4) is 0 Å². The number of carbonyl (C=O) groups excluding carboxylic acids is 1. The van der Waals surface area contributed by atoms with Gasteiger partial charge in [-0.2, -0.15) is 0 Å². The van der Waals surface area contributed by atoms with E-state index in [9.17, 15) is 4.79 Å². The Bertz CT molecular complexity index is 356. The second-order valence-corrected chi connectivity index (χ2v) is 3.88. The normalized spacial score (nSPS) is 9.69. The molecule has 0 aromatic carbocycles. The number of aromatic amines is 1. The van der Waals surface area contributed by atoms with E-state index in [1.165, 1.54) is 11.3 Å². The Balaban J connectivity index is 2.98. The molecule has 0 saturated carbocycles. The molecule has 0 aliphatic carbocycles. The summed E-state index contributed by atoms with van der Waals surface area (Å²) in [6, 6.07) is 0. The SMILES string of the molecule is CCOC(=O)c1sc(=S)[nH]c1NC. The van der Waals surface area contributed by atoms with Crippen LogP contribution in [-0.4, -0.2) is 24.6 Å². The van der Waals surface area contributed by atoms with E-state index in [2.05, 4.69) is 10.3 Å². The molecular formula is C7H10N2O2S2. The van der Waals surface area contributed by atoms with Gasteiger partial charge in [0.2, 0.25) is 0 Å². The molecule has 0 radical (unpaired) electrons. The molecule has 0 amide bonds. The van der Waals surface area contributed by atoms with Gasteiger partial charge < -0.3 is 15.0 Å². The minimum absolute atomic E-state index is 0.343. The van der Waals surface area contributed by atoms with E-state index in [0.717, 1.165) is 0 Å². The largest absolute Gasteiger partial charge is 0.462 e. The lowest BCUT2D eigenvalue weighted by Gasteiger charge is -2.00. The molecule has 0 fully saturated rings. The zero-order valence-corrected chi connectivity index (χ0v) is 8.97. The first-order valence-electron chi connectivity index (χ1n) is 3.77. The molecule has 4 nitrogen and oxygen atoms in total. The molecule has 1 aromatic rings. The number of anilines is 1. The molecule has 6 heteroatoms. The first kappa shape index (κ1) is 10.2. The van der Waals surface area contributed by atoms with Gasteiger partial charge in [0.15, 0.2) is 8.83 Å². The third-order valence-corrected chi connectivity index (χ3v) is 2.57. The molecule has 0 aliphatic rings. The highest BCUT2D eigenvalue weighted by molar-refractivity contribution is 7.73. The van der Waals surface area contributed by atoms with Crippen LogP contribution in [0.15, 0.2) is 0 Å². The van der Waals surface area contributed by atoms with Gasteiger partial charge in [0.25, 0.3) is 0 Å². The van der Waals surface area contributed by atoms with Crippen molar-refractivity contribution in [2.24, 2.45) is 0 Å². The standard InChI is InChI=1S/C7H10N2O2S2/c1-3-11-6(10)4-5(8-2)9-7(12)13-4/h8H,3H2,1-2H3,(H,9,12). The summed E-state index contributed by atoms with van der Waals surface area (Å²) in [4.78, 5) is 14.7. The van der Waals surface area contributed by atoms with Crippen LogP contribution in [0, 0.1) is 3.95 Å². The van der Waals surface area contributed by atoms with Crippen molar-refractivity contribution < 1.29 is 9.53 Å². The van der Waals surface area contributed by atoms with Crippen molar-refractivity contribution >= 4 is 35.3 Å². The van der Waals surface area contributed by atoms with Gasteiger partial charge in [-0.25, -0.2) is 4.79 Å². The van der Waals surface area contributed by atoms with Crippen molar-refractivity contribution in [1.82, 2.24) is 4.98 Å². The van der Waals surface area contributed by atoms with Crippen molar-refractivity contribution in [2.75, 3.05) is 19.0 Å². The number of rotatable bonds is 3. The third-order valence-electron chi connectivity index (χ3n) is 1.36. The topological polar surface area (TPSA) is 54.1 Å². The van der Waals surface area contributed by atoms with E-state index in [-0.39, 0.29) is 5.97 Å². The number of hydrogen-bond donors (Lipinski definition) is 2. The van der Waals surface area contributed by atoms with Gasteiger partial charge in [-0.15, -0.1) is 0 Å². The lowest BCUT2D eigenvalue weighted by molar-refractivity contribution is 0.0533. The fourth-order valence-corrected chi connectivity index (χ4v) is 1.93. The Morgan fingerprint density at radius 1 is 1.77 bits per heavy atom. The minimum Gasteiger partial charge on any atom is -0.462 e. The molecule has 0 aliphatic heterocycles. The van der Waals surface area contributed by atoms with Crippen LogP contribution < -0.4 is 5.32 Å². The maximum Gasteiger partial charge on any atom is 0.352 e. The van der Waals surface area contributed by atoms with E-state index in [4.69, 9.17) is 17.0 Å². The van der Waals surface area contributed by atoms with E-state index < -0.39 is 0 Å². The number of aromatic nitrogens is 1. The summed E-state index contributed by atoms with van der Waals surface area (Å²) in [5, 5.41) is 2.84. The molecule has 0 saturated heterocycles. The van der Waals surface area contributed by atoms with Gasteiger partial charge in [-0.3, -0.25) is 0 Å². The lowest BCUT2D eigenvalue weighted by Crippen LogP contribution is -2.05. The monoisotopic (exact) mass is 218 g/mol. The van der Waals surface area contributed by atoms with E-state index in [0.29, 0.717) is 21.3 Å². The van der Waals surface area contributed by atoms with Crippen LogP contribution in [0.5, 0.6) is 0 Å². The fraction of sp³-hybridized carbons (Fsp3) is 0.429. The second-order valence-electron chi connectivity index (χ2n) is 2.19. The summed E-state index contributed by atoms with van der Waals surface area (Å²) in [6.07, 6.45) is 0. The average Bonchev–Trinajstić information content (AvgIpc) is 2.47. The molecule has 72 valence electrons. The number of carbonyl (C=O) groups is 1. The molecule has 0 spiro atoms. The number of H-pyrrole nitrogens is 1. The third kappa shape index (κ3) is 2.28. The van der Waals surface area contributed by atoms with Gasteiger partial charge in [0, 0.05) is 7.05 Å². The molecule has 0 bridgehead atoms. The van der Waals surface area contributed by atoms with Crippen molar-refractivity contribution in [1.29, 1.82) is 0 Å². The van der Waals surface area contributed by atoms with Crippen molar-refractivity contribution in [3.05, 3.63) is 8.83 Å². The highest BCUT2D eigenvalue weighted by Crippen LogP contribution is 2.20. The number of hydrogen-bond acceptors (Lipinski definition) is 5. The van der Waals surface area contributed by atoms with Crippen molar-refractivity contribution in [3.63, 3.8) is 0 Å². The molecule has 2 N–H and O–H groups in total. The Labute approximate surface area is 84.9 Å². The summed E-state index contributed by atoms with van der Waals surface area (Å²) in [5.41, 5.74) is 0. The van der Waals surface area contributed by atoms with Crippen molar-refractivity contribution in [2.45, 2.75) is 6.92 Å². The van der Waals surface area contributed by atoms with Crippen LogP contribution in [0.1, 0.15) is 16.6 Å². The van der Waals surface area contributed by atoms with Crippen LogP contribution in [0.25, 0.3) is 0 Å². The zero-order chi connectivity index (χ0) is 9.84. The maximum atomic E-state index is 11.3. The lowest BCUT2D eigenvalue weighted by atomic mass is 10.5. The van der Waals surface area contributed by atoms with Crippen LogP contribution >= 0.6 is 23.6 Å². The minimum atomic E-state index is -0.343. The van der Waals surface area contributed by atoms with Gasteiger partial charge in [0.1, 0.15) is 5.82 Å². The second kappa shape index (κ2) is 4.38. The first-order chi connectivity index (χ1) is 6.19. The number of nitrogens with one attached hydrogen (secondary N) is 2. The smallest absolute Gasteiger partial charge is 0.352 e. The molecule has 1 aromatic heterocycles. The fourth-order valence-electron chi connectivity index (χ4n) is 0.844. The number of thiazole rings is 1. The average molecular weight is 218 g/mol.